The van der Waals surface area contributed by atoms with Crippen LogP contribution in [-0.4, -0.2) is 15.2 Å². The number of hydrazine groups is 1. The van der Waals surface area contributed by atoms with E-state index in [9.17, 15) is 0 Å². The van der Waals surface area contributed by atoms with Gasteiger partial charge in [-0.05, 0) is 19.3 Å². The standard InChI is InChI=1S/C14H24N4S/c1-2-6-11-9-13(18-15)17-14(16-11)10-19-12-7-4-3-5-8-12/h9,12H,2-8,10,15H2,1H3,(H,16,17,18). The monoisotopic (exact) mass is 280 g/mol. The van der Waals surface area contributed by atoms with Crippen molar-refractivity contribution in [3.8, 4) is 0 Å². The Balaban J connectivity index is 1.95. The fourth-order valence-electron chi connectivity index (χ4n) is 2.50. The number of hydrogen-bond donors (Lipinski definition) is 2. The topological polar surface area (TPSA) is 63.8 Å². The first-order valence-electron chi connectivity index (χ1n) is 7.27. The molecule has 1 fully saturated rings. The summed E-state index contributed by atoms with van der Waals surface area (Å²) in [5, 5.41) is 0.793. The molecule has 4 nitrogen and oxygen atoms in total. The number of nitrogens with two attached hydrogens (primary N) is 1. The van der Waals surface area contributed by atoms with Gasteiger partial charge in [-0.2, -0.15) is 11.8 Å². The molecule has 3 N–H and O–H groups in total. The highest BCUT2D eigenvalue weighted by atomic mass is 32.2. The van der Waals surface area contributed by atoms with E-state index in [0.717, 1.165) is 41.2 Å². The Morgan fingerprint density at radius 1 is 1.32 bits per heavy atom. The SMILES string of the molecule is CCCc1cc(NN)nc(CSC2CCCCC2)n1. The molecule has 0 bridgehead atoms. The van der Waals surface area contributed by atoms with Crippen LogP contribution in [0.2, 0.25) is 0 Å². The zero-order valence-electron chi connectivity index (χ0n) is 11.7. The second kappa shape index (κ2) is 7.70. The van der Waals surface area contributed by atoms with Crippen LogP contribution in [0.1, 0.15) is 57.0 Å². The molecule has 0 spiro atoms. The molecule has 0 atom stereocenters. The molecule has 1 aliphatic carbocycles. The van der Waals surface area contributed by atoms with Crippen molar-refractivity contribution in [1.29, 1.82) is 0 Å². The Morgan fingerprint density at radius 2 is 2.11 bits per heavy atom. The van der Waals surface area contributed by atoms with Crippen LogP contribution >= 0.6 is 11.8 Å². The maximum absolute atomic E-state index is 5.48. The first-order chi connectivity index (χ1) is 9.31. The molecule has 5 heteroatoms. The molecule has 0 aliphatic heterocycles. The maximum atomic E-state index is 5.48. The average molecular weight is 280 g/mol. The summed E-state index contributed by atoms with van der Waals surface area (Å²) in [4.78, 5) is 9.08. The Hall–Kier alpha value is -0.810. The summed E-state index contributed by atoms with van der Waals surface area (Å²) in [5.41, 5.74) is 3.73. The molecule has 1 saturated carbocycles. The lowest BCUT2D eigenvalue weighted by molar-refractivity contribution is 0.516. The van der Waals surface area contributed by atoms with Crippen LogP contribution in [0.15, 0.2) is 6.07 Å². The summed E-state index contributed by atoms with van der Waals surface area (Å²) in [6, 6.07) is 1.94. The number of rotatable bonds is 6. The van der Waals surface area contributed by atoms with Crippen LogP contribution in [0.3, 0.4) is 0 Å². The second-order valence-electron chi connectivity index (χ2n) is 5.13. The highest BCUT2D eigenvalue weighted by Gasteiger charge is 2.14. The van der Waals surface area contributed by atoms with Crippen LogP contribution in [-0.2, 0) is 12.2 Å². The van der Waals surface area contributed by atoms with Crippen LogP contribution in [0.4, 0.5) is 5.82 Å². The summed E-state index contributed by atoms with van der Waals surface area (Å²) in [7, 11) is 0. The fourth-order valence-corrected chi connectivity index (χ4v) is 3.68. The summed E-state index contributed by atoms with van der Waals surface area (Å²) < 4.78 is 0. The Bertz CT molecular complexity index is 391. The van der Waals surface area contributed by atoms with Crippen LogP contribution in [0, 0.1) is 0 Å². The number of nitrogen functional groups attached to an aromatic ring is 1. The number of hydrogen-bond acceptors (Lipinski definition) is 5. The van der Waals surface area contributed by atoms with Gasteiger partial charge in [0.15, 0.2) is 0 Å². The van der Waals surface area contributed by atoms with E-state index >= 15 is 0 Å². The molecule has 0 amide bonds. The minimum Gasteiger partial charge on any atom is -0.308 e. The van der Waals surface area contributed by atoms with E-state index in [1.54, 1.807) is 0 Å². The van der Waals surface area contributed by atoms with Crippen molar-refractivity contribution in [1.82, 2.24) is 9.97 Å². The third kappa shape index (κ3) is 4.66. The van der Waals surface area contributed by atoms with Crippen molar-refractivity contribution >= 4 is 17.6 Å². The van der Waals surface area contributed by atoms with E-state index in [1.807, 2.05) is 17.8 Å². The largest absolute Gasteiger partial charge is 0.308 e. The minimum atomic E-state index is 0.734. The minimum absolute atomic E-state index is 0.734. The van der Waals surface area contributed by atoms with Crippen LogP contribution in [0.5, 0.6) is 0 Å². The molecular weight excluding hydrogens is 256 g/mol. The average Bonchev–Trinajstić information content (AvgIpc) is 2.46. The predicted molar refractivity (Wildman–Crippen MR) is 82.0 cm³/mol. The molecule has 19 heavy (non-hydrogen) atoms. The smallest absolute Gasteiger partial charge is 0.143 e. The number of thioether (sulfide) groups is 1. The van der Waals surface area contributed by atoms with Gasteiger partial charge in [0.05, 0.1) is 5.75 Å². The van der Waals surface area contributed by atoms with Gasteiger partial charge in [-0.1, -0.05) is 32.6 Å². The number of aryl methyl sites for hydroxylation is 1. The van der Waals surface area contributed by atoms with E-state index < -0.39 is 0 Å². The van der Waals surface area contributed by atoms with Gasteiger partial charge in [0.1, 0.15) is 11.6 Å². The number of aromatic nitrogens is 2. The highest BCUT2D eigenvalue weighted by molar-refractivity contribution is 7.99. The van der Waals surface area contributed by atoms with E-state index in [0.29, 0.717) is 0 Å². The predicted octanol–water partition coefficient (Wildman–Crippen LogP) is 3.28. The molecule has 1 aromatic heterocycles. The maximum Gasteiger partial charge on any atom is 0.143 e. The zero-order valence-corrected chi connectivity index (χ0v) is 12.5. The van der Waals surface area contributed by atoms with Gasteiger partial charge >= 0.3 is 0 Å². The van der Waals surface area contributed by atoms with Gasteiger partial charge in [-0.25, -0.2) is 15.8 Å². The van der Waals surface area contributed by atoms with E-state index in [1.165, 1.54) is 32.1 Å². The van der Waals surface area contributed by atoms with E-state index in [-0.39, 0.29) is 0 Å². The quantitative estimate of drug-likeness (QED) is 0.618. The molecule has 0 radical (unpaired) electrons. The van der Waals surface area contributed by atoms with Gasteiger partial charge in [0.2, 0.25) is 0 Å². The summed E-state index contributed by atoms with van der Waals surface area (Å²) in [6.07, 6.45) is 8.94. The number of nitrogens with one attached hydrogen (secondary N) is 1. The molecular formula is C14H24N4S. The lowest BCUT2D eigenvalue weighted by atomic mass is 10.0. The normalized spacial score (nSPS) is 16.5. The molecule has 1 aliphatic rings. The van der Waals surface area contributed by atoms with Crippen LogP contribution < -0.4 is 11.3 Å². The lowest BCUT2D eigenvalue weighted by Crippen LogP contribution is -2.12. The van der Waals surface area contributed by atoms with Crippen LogP contribution in [0.25, 0.3) is 0 Å². The number of anilines is 1. The summed E-state index contributed by atoms with van der Waals surface area (Å²) in [6.45, 7) is 2.16. The van der Waals surface area contributed by atoms with E-state index in [2.05, 4.69) is 22.3 Å². The Morgan fingerprint density at radius 3 is 2.79 bits per heavy atom. The first kappa shape index (κ1) is 14.6. The fraction of sp³-hybridized carbons (Fsp3) is 0.714. The second-order valence-corrected chi connectivity index (χ2v) is 6.41. The van der Waals surface area contributed by atoms with Gasteiger partial charge in [-0.3, -0.25) is 0 Å². The molecule has 0 aromatic carbocycles. The van der Waals surface area contributed by atoms with Gasteiger partial charge in [0, 0.05) is 17.0 Å². The van der Waals surface area contributed by atoms with Gasteiger partial charge in [0.25, 0.3) is 0 Å². The summed E-state index contributed by atoms with van der Waals surface area (Å²) >= 11 is 2.00. The Kier molecular flexibility index (Phi) is 5.92. The third-order valence-corrected chi connectivity index (χ3v) is 4.85. The first-order valence-corrected chi connectivity index (χ1v) is 8.31. The van der Waals surface area contributed by atoms with Gasteiger partial charge < -0.3 is 5.43 Å². The Labute approximate surface area is 119 Å². The number of nitrogens with zero attached hydrogens (tertiary/aromatic N) is 2. The molecule has 2 rings (SSSR count). The van der Waals surface area contributed by atoms with Crippen molar-refractivity contribution in [3.05, 3.63) is 17.6 Å². The zero-order chi connectivity index (χ0) is 13.5. The third-order valence-electron chi connectivity index (χ3n) is 3.48. The molecule has 1 aromatic rings. The van der Waals surface area contributed by atoms with Crippen molar-refractivity contribution in [3.63, 3.8) is 0 Å². The van der Waals surface area contributed by atoms with Crippen molar-refractivity contribution in [2.24, 2.45) is 5.84 Å². The molecule has 106 valence electrons. The van der Waals surface area contributed by atoms with Crippen molar-refractivity contribution in [2.75, 3.05) is 5.43 Å². The van der Waals surface area contributed by atoms with Gasteiger partial charge in [-0.15, -0.1) is 0 Å². The molecule has 1 heterocycles. The molecule has 0 unspecified atom stereocenters. The molecule has 0 saturated heterocycles. The van der Waals surface area contributed by atoms with Crippen molar-refractivity contribution in [2.45, 2.75) is 62.9 Å². The lowest BCUT2D eigenvalue weighted by Gasteiger charge is -2.20. The summed E-state index contributed by atoms with van der Waals surface area (Å²) in [5.74, 6) is 8.02. The van der Waals surface area contributed by atoms with E-state index in [4.69, 9.17) is 5.84 Å². The highest BCUT2D eigenvalue weighted by Crippen LogP contribution is 2.30. The van der Waals surface area contributed by atoms with Crippen molar-refractivity contribution < 1.29 is 0 Å².